The first-order valence-electron chi connectivity index (χ1n) is 5.51. The maximum absolute atomic E-state index is 11.1. The minimum atomic E-state index is -0.441. The van der Waals surface area contributed by atoms with Crippen LogP contribution < -0.4 is 5.73 Å². The second-order valence-corrected chi connectivity index (χ2v) is 5.55. The topological polar surface area (TPSA) is 69.1 Å². The predicted molar refractivity (Wildman–Crippen MR) is 75.6 cm³/mol. The third-order valence-corrected chi connectivity index (χ3v) is 4.14. The van der Waals surface area contributed by atoms with E-state index in [1.165, 1.54) is 11.3 Å². The van der Waals surface area contributed by atoms with Crippen molar-refractivity contribution in [3.63, 3.8) is 0 Å². The minimum absolute atomic E-state index is 0.441. The van der Waals surface area contributed by atoms with E-state index in [1.807, 2.05) is 12.1 Å². The first kappa shape index (κ1) is 12.2. The first-order chi connectivity index (χ1) is 9.04. The van der Waals surface area contributed by atoms with Crippen molar-refractivity contribution >= 4 is 39.9 Å². The zero-order valence-electron chi connectivity index (χ0n) is 9.94. The number of aryl methyl sites for hydroxylation is 1. The van der Waals surface area contributed by atoms with E-state index >= 15 is 0 Å². The largest absolute Gasteiger partial charge is 0.441 e. The molecule has 96 valence electrons. The summed E-state index contributed by atoms with van der Waals surface area (Å²) in [6.07, 6.45) is 0. The highest BCUT2D eigenvalue weighted by atomic mass is 35.5. The van der Waals surface area contributed by atoms with E-state index in [4.69, 9.17) is 21.8 Å². The molecule has 0 aliphatic carbocycles. The van der Waals surface area contributed by atoms with Crippen LogP contribution in [0.5, 0.6) is 0 Å². The maximum Gasteiger partial charge on any atom is 0.258 e. The number of hydrogen-bond acceptors (Lipinski definition) is 4. The first-order valence-corrected chi connectivity index (χ1v) is 6.71. The van der Waals surface area contributed by atoms with Crippen LogP contribution in [0.25, 0.3) is 21.5 Å². The SMILES string of the molecule is Cc1nc2cc(Cl)c(-c3ccc(C(N)=O)s3)cc2o1. The number of rotatable bonds is 2. The molecule has 0 atom stereocenters. The number of benzene rings is 1. The lowest BCUT2D eigenvalue weighted by molar-refractivity contribution is 0.100. The monoisotopic (exact) mass is 292 g/mol. The number of nitrogens with zero attached hydrogens (tertiary/aromatic N) is 1. The molecule has 0 bridgehead atoms. The van der Waals surface area contributed by atoms with E-state index in [0.717, 1.165) is 16.0 Å². The maximum atomic E-state index is 11.1. The van der Waals surface area contributed by atoms with Gasteiger partial charge < -0.3 is 10.2 Å². The van der Waals surface area contributed by atoms with Gasteiger partial charge >= 0.3 is 0 Å². The molecule has 0 spiro atoms. The van der Waals surface area contributed by atoms with Gasteiger partial charge in [0.1, 0.15) is 5.52 Å². The molecule has 0 radical (unpaired) electrons. The van der Waals surface area contributed by atoms with Gasteiger partial charge in [-0.2, -0.15) is 0 Å². The fourth-order valence-corrected chi connectivity index (χ4v) is 3.07. The number of halogens is 1. The number of nitrogens with two attached hydrogens (primary N) is 1. The fourth-order valence-electron chi connectivity index (χ4n) is 1.87. The standard InChI is InChI=1S/C13H9ClN2O2S/c1-6-16-9-5-8(14)7(4-10(9)18-6)11-2-3-12(19-11)13(15)17/h2-5H,1H3,(H2,15,17). The van der Waals surface area contributed by atoms with Crippen molar-refractivity contribution in [1.82, 2.24) is 4.98 Å². The van der Waals surface area contributed by atoms with Gasteiger partial charge in [0.2, 0.25) is 0 Å². The molecule has 2 N–H and O–H groups in total. The van der Waals surface area contributed by atoms with Crippen molar-refractivity contribution in [3.8, 4) is 10.4 Å². The molecule has 19 heavy (non-hydrogen) atoms. The summed E-state index contributed by atoms with van der Waals surface area (Å²) in [4.78, 5) is 16.7. The van der Waals surface area contributed by atoms with Crippen LogP contribution >= 0.6 is 22.9 Å². The number of carbonyl (C=O) groups excluding carboxylic acids is 1. The van der Waals surface area contributed by atoms with Crippen molar-refractivity contribution in [3.05, 3.63) is 40.1 Å². The summed E-state index contributed by atoms with van der Waals surface area (Å²) in [6, 6.07) is 7.09. The number of oxazole rings is 1. The molecule has 0 aliphatic rings. The van der Waals surface area contributed by atoms with Crippen molar-refractivity contribution in [1.29, 1.82) is 0 Å². The van der Waals surface area contributed by atoms with E-state index < -0.39 is 5.91 Å². The fraction of sp³-hybridized carbons (Fsp3) is 0.0769. The van der Waals surface area contributed by atoms with Gasteiger partial charge in [-0.05, 0) is 24.3 Å². The van der Waals surface area contributed by atoms with Crippen LogP contribution in [-0.2, 0) is 0 Å². The second kappa shape index (κ2) is 4.36. The zero-order valence-corrected chi connectivity index (χ0v) is 11.5. The van der Waals surface area contributed by atoms with E-state index in [-0.39, 0.29) is 0 Å². The number of amides is 1. The average Bonchev–Trinajstić information content (AvgIpc) is 2.92. The normalized spacial score (nSPS) is 11.1. The molecule has 2 heterocycles. The summed E-state index contributed by atoms with van der Waals surface area (Å²) in [5.74, 6) is 0.149. The zero-order chi connectivity index (χ0) is 13.6. The molecule has 0 unspecified atom stereocenters. The van der Waals surface area contributed by atoms with E-state index in [1.54, 1.807) is 19.1 Å². The van der Waals surface area contributed by atoms with Gasteiger partial charge in [0.15, 0.2) is 11.5 Å². The molecule has 0 fully saturated rings. The summed E-state index contributed by atoms with van der Waals surface area (Å²) >= 11 is 7.55. The Balaban J connectivity index is 2.17. The quantitative estimate of drug-likeness (QED) is 0.784. The van der Waals surface area contributed by atoms with Crippen LogP contribution in [0.4, 0.5) is 0 Å². The lowest BCUT2D eigenvalue weighted by Gasteiger charge is -2.00. The molecule has 6 heteroatoms. The van der Waals surface area contributed by atoms with Gasteiger partial charge in [0, 0.05) is 17.4 Å². The number of hydrogen-bond donors (Lipinski definition) is 1. The lowest BCUT2D eigenvalue weighted by Crippen LogP contribution is -2.07. The number of aromatic nitrogens is 1. The molecule has 4 nitrogen and oxygen atoms in total. The van der Waals surface area contributed by atoms with Crippen LogP contribution in [0.1, 0.15) is 15.6 Å². The molecule has 1 aromatic carbocycles. The Morgan fingerprint density at radius 2 is 2.21 bits per heavy atom. The van der Waals surface area contributed by atoms with Crippen molar-refractivity contribution in [2.24, 2.45) is 5.73 Å². The van der Waals surface area contributed by atoms with Crippen LogP contribution in [0.15, 0.2) is 28.7 Å². The molecular formula is C13H9ClN2O2S. The Hall–Kier alpha value is -1.85. The predicted octanol–water partition coefficient (Wildman–Crippen LogP) is 3.62. The molecule has 3 aromatic rings. The molecule has 3 rings (SSSR count). The van der Waals surface area contributed by atoms with Gasteiger partial charge in [-0.1, -0.05) is 11.6 Å². The van der Waals surface area contributed by atoms with Gasteiger partial charge in [0.05, 0.1) is 9.90 Å². The second-order valence-electron chi connectivity index (χ2n) is 4.06. The number of carbonyl (C=O) groups is 1. The highest BCUT2D eigenvalue weighted by Crippen LogP contribution is 2.36. The molecule has 0 saturated carbocycles. The Morgan fingerprint density at radius 3 is 2.89 bits per heavy atom. The third-order valence-electron chi connectivity index (χ3n) is 2.70. The lowest BCUT2D eigenvalue weighted by atomic mass is 10.1. The highest BCUT2D eigenvalue weighted by Gasteiger charge is 2.13. The average molecular weight is 293 g/mol. The Kier molecular flexibility index (Phi) is 2.80. The summed E-state index contributed by atoms with van der Waals surface area (Å²) in [5, 5.41) is 0.568. The Bertz CT molecular complexity index is 791. The summed E-state index contributed by atoms with van der Waals surface area (Å²) < 4.78 is 5.48. The van der Waals surface area contributed by atoms with Gasteiger partial charge in [-0.3, -0.25) is 4.79 Å². The molecular weight excluding hydrogens is 284 g/mol. The van der Waals surface area contributed by atoms with Crippen LogP contribution in [0.2, 0.25) is 5.02 Å². The van der Waals surface area contributed by atoms with Gasteiger partial charge in [-0.15, -0.1) is 11.3 Å². The van der Waals surface area contributed by atoms with Gasteiger partial charge in [-0.25, -0.2) is 4.98 Å². The molecule has 1 amide bonds. The highest BCUT2D eigenvalue weighted by molar-refractivity contribution is 7.17. The number of primary amides is 1. The minimum Gasteiger partial charge on any atom is -0.441 e. The Morgan fingerprint density at radius 1 is 1.42 bits per heavy atom. The van der Waals surface area contributed by atoms with E-state index in [2.05, 4.69) is 4.98 Å². The third kappa shape index (κ3) is 2.11. The van der Waals surface area contributed by atoms with Crippen LogP contribution in [0.3, 0.4) is 0 Å². The smallest absolute Gasteiger partial charge is 0.258 e. The van der Waals surface area contributed by atoms with Crippen molar-refractivity contribution in [2.45, 2.75) is 6.92 Å². The Labute approximate surface area is 117 Å². The van der Waals surface area contributed by atoms with Crippen LogP contribution in [0, 0.1) is 6.92 Å². The van der Waals surface area contributed by atoms with Crippen LogP contribution in [-0.4, -0.2) is 10.9 Å². The van der Waals surface area contributed by atoms with E-state index in [0.29, 0.717) is 21.4 Å². The van der Waals surface area contributed by atoms with Gasteiger partial charge in [0.25, 0.3) is 5.91 Å². The molecule has 0 aliphatic heterocycles. The number of fused-ring (bicyclic) bond motifs is 1. The number of thiophene rings is 1. The summed E-state index contributed by atoms with van der Waals surface area (Å²) in [5.41, 5.74) is 7.45. The molecule has 0 saturated heterocycles. The summed E-state index contributed by atoms with van der Waals surface area (Å²) in [7, 11) is 0. The summed E-state index contributed by atoms with van der Waals surface area (Å²) in [6.45, 7) is 1.78. The van der Waals surface area contributed by atoms with E-state index in [9.17, 15) is 4.79 Å². The van der Waals surface area contributed by atoms with Crippen molar-refractivity contribution in [2.75, 3.05) is 0 Å². The molecule has 2 aromatic heterocycles. The van der Waals surface area contributed by atoms with Crippen molar-refractivity contribution < 1.29 is 9.21 Å².